The molecule has 1 saturated heterocycles. The van der Waals surface area contributed by atoms with E-state index in [9.17, 15) is 9.90 Å². The molecular weight excluding hydrogens is 506 g/mol. The van der Waals surface area contributed by atoms with Crippen molar-refractivity contribution in [3.8, 4) is 11.1 Å². The highest BCUT2D eigenvalue weighted by atomic mass is 35.5. The highest BCUT2D eigenvalue weighted by Crippen LogP contribution is 2.42. The van der Waals surface area contributed by atoms with Gasteiger partial charge in [-0.25, -0.2) is 0 Å². The number of carbonyl (C=O) groups is 1. The van der Waals surface area contributed by atoms with Crippen molar-refractivity contribution >= 4 is 23.3 Å². The number of fused-ring (bicyclic) bond motifs is 1. The number of piperidine rings is 1. The zero-order valence-corrected chi connectivity index (χ0v) is 24.7. The molecule has 39 heavy (non-hydrogen) atoms. The first-order valence-electron chi connectivity index (χ1n) is 14.1. The van der Waals surface area contributed by atoms with Crippen molar-refractivity contribution in [3.63, 3.8) is 0 Å². The summed E-state index contributed by atoms with van der Waals surface area (Å²) in [6.07, 6.45) is 3.14. The van der Waals surface area contributed by atoms with Crippen molar-refractivity contribution in [2.75, 3.05) is 24.5 Å². The van der Waals surface area contributed by atoms with Crippen LogP contribution in [0.3, 0.4) is 0 Å². The molecular formula is C33H40ClN3O2. The Hall–Kier alpha value is -2.89. The Morgan fingerprint density at radius 1 is 1.00 bits per heavy atom. The predicted octanol–water partition coefficient (Wildman–Crippen LogP) is 7.14. The summed E-state index contributed by atoms with van der Waals surface area (Å²) in [5, 5.41) is 10.6. The number of hydrogen-bond acceptors (Lipinski definition) is 4. The van der Waals surface area contributed by atoms with E-state index in [1.165, 1.54) is 22.3 Å². The van der Waals surface area contributed by atoms with Crippen molar-refractivity contribution in [2.45, 2.75) is 73.4 Å². The van der Waals surface area contributed by atoms with Crippen molar-refractivity contribution in [1.82, 2.24) is 9.88 Å². The lowest BCUT2D eigenvalue weighted by molar-refractivity contribution is -0.136. The van der Waals surface area contributed by atoms with Gasteiger partial charge in [0.15, 0.2) is 0 Å². The van der Waals surface area contributed by atoms with Gasteiger partial charge in [-0.2, -0.15) is 0 Å². The average molecular weight is 546 g/mol. The van der Waals surface area contributed by atoms with E-state index in [-0.39, 0.29) is 6.42 Å². The number of nitrogens with zero attached hydrogens (tertiary/aromatic N) is 3. The topological polar surface area (TPSA) is 56.7 Å². The summed E-state index contributed by atoms with van der Waals surface area (Å²) in [5.41, 5.74) is 11.4. The number of pyridine rings is 1. The number of benzene rings is 2. The third-order valence-corrected chi connectivity index (χ3v) is 9.09. The van der Waals surface area contributed by atoms with Gasteiger partial charge in [0.1, 0.15) is 0 Å². The number of hydrogen-bond donors (Lipinski definition) is 1. The number of aryl methyl sites for hydroxylation is 3. The Bertz CT molecular complexity index is 1380. The minimum atomic E-state index is -0.812. The van der Waals surface area contributed by atoms with Gasteiger partial charge < -0.3 is 10.0 Å². The van der Waals surface area contributed by atoms with Crippen molar-refractivity contribution < 1.29 is 9.90 Å². The van der Waals surface area contributed by atoms with E-state index in [1.54, 1.807) is 0 Å². The Morgan fingerprint density at radius 3 is 2.44 bits per heavy atom. The standard InChI is InChI=1S/C33H40ClN3O2/c1-21-7-6-8-29(34)28(21)20-36-14-11-24-17-25(9-10-26(24)19-36)31-23(3)35-22(2)27(18-30(38)39)32(31)37-15-12-33(4,5)13-16-37/h6-10,17H,11-16,18-20H2,1-5H3,(H,38,39). The second kappa shape index (κ2) is 10.9. The van der Waals surface area contributed by atoms with Crippen LogP contribution in [0.25, 0.3) is 11.1 Å². The molecule has 0 atom stereocenters. The first-order valence-corrected chi connectivity index (χ1v) is 14.5. The number of anilines is 1. The molecule has 1 aromatic heterocycles. The van der Waals surface area contributed by atoms with E-state index in [0.29, 0.717) is 5.41 Å². The third-order valence-electron chi connectivity index (χ3n) is 8.74. The zero-order chi connectivity index (χ0) is 27.9. The molecule has 0 bridgehead atoms. The summed E-state index contributed by atoms with van der Waals surface area (Å²) in [5.74, 6) is -0.812. The summed E-state index contributed by atoms with van der Waals surface area (Å²) in [4.78, 5) is 21.7. The van der Waals surface area contributed by atoms with Gasteiger partial charge >= 0.3 is 5.97 Å². The number of carboxylic acids is 1. The van der Waals surface area contributed by atoms with Crippen LogP contribution in [0.5, 0.6) is 0 Å². The van der Waals surface area contributed by atoms with Crippen LogP contribution in [0, 0.1) is 26.2 Å². The summed E-state index contributed by atoms with van der Waals surface area (Å²) >= 11 is 6.53. The molecule has 6 heteroatoms. The molecule has 0 saturated carbocycles. The Kier molecular flexibility index (Phi) is 7.76. The third kappa shape index (κ3) is 5.85. The highest BCUT2D eigenvalue weighted by Gasteiger charge is 2.30. The summed E-state index contributed by atoms with van der Waals surface area (Å²) in [7, 11) is 0. The molecule has 206 valence electrons. The van der Waals surface area contributed by atoms with Crippen LogP contribution in [-0.4, -0.2) is 40.6 Å². The minimum absolute atomic E-state index is 0.0112. The molecule has 5 rings (SSSR count). The van der Waals surface area contributed by atoms with Crippen molar-refractivity contribution in [3.05, 3.63) is 80.6 Å². The number of carboxylic acid groups (broad SMARTS) is 1. The normalized spacial score (nSPS) is 17.2. The van der Waals surface area contributed by atoms with E-state index in [0.717, 1.165) is 90.8 Å². The van der Waals surface area contributed by atoms with Crippen molar-refractivity contribution in [1.29, 1.82) is 0 Å². The zero-order valence-electron chi connectivity index (χ0n) is 23.9. The highest BCUT2D eigenvalue weighted by molar-refractivity contribution is 6.31. The summed E-state index contributed by atoms with van der Waals surface area (Å²) < 4.78 is 0. The summed E-state index contributed by atoms with van der Waals surface area (Å²) in [6.45, 7) is 15.4. The van der Waals surface area contributed by atoms with E-state index in [4.69, 9.17) is 16.6 Å². The minimum Gasteiger partial charge on any atom is -0.481 e. The maximum Gasteiger partial charge on any atom is 0.307 e. The molecule has 1 fully saturated rings. The average Bonchev–Trinajstić information content (AvgIpc) is 2.87. The molecule has 2 aliphatic heterocycles. The largest absolute Gasteiger partial charge is 0.481 e. The second-order valence-corrected chi connectivity index (χ2v) is 12.6. The van der Waals surface area contributed by atoms with Crippen LogP contribution in [0.4, 0.5) is 5.69 Å². The fraction of sp³-hybridized carbons (Fsp3) is 0.455. The van der Waals surface area contributed by atoms with E-state index >= 15 is 0 Å². The smallest absolute Gasteiger partial charge is 0.307 e. The Balaban J connectivity index is 1.50. The van der Waals surface area contributed by atoms with Crippen LogP contribution >= 0.6 is 11.6 Å². The molecule has 0 unspecified atom stereocenters. The van der Waals surface area contributed by atoms with Gasteiger partial charge in [0, 0.05) is 60.3 Å². The predicted molar refractivity (Wildman–Crippen MR) is 160 cm³/mol. The first-order chi connectivity index (χ1) is 18.5. The van der Waals surface area contributed by atoms with Crippen molar-refractivity contribution in [2.24, 2.45) is 5.41 Å². The first kappa shape index (κ1) is 27.7. The quantitative estimate of drug-likeness (QED) is 0.357. The van der Waals surface area contributed by atoms with Crippen LogP contribution in [0.1, 0.15) is 65.9 Å². The fourth-order valence-electron chi connectivity index (χ4n) is 6.25. The maximum atomic E-state index is 11.9. The van der Waals surface area contributed by atoms with E-state index in [2.05, 4.69) is 61.8 Å². The number of halogens is 1. The molecule has 1 N–H and O–H groups in total. The van der Waals surface area contributed by atoms with Crippen LogP contribution in [0.15, 0.2) is 36.4 Å². The second-order valence-electron chi connectivity index (χ2n) is 12.2. The molecule has 0 radical (unpaired) electrons. The van der Waals surface area contributed by atoms with Gasteiger partial charge in [-0.1, -0.05) is 55.8 Å². The Morgan fingerprint density at radius 2 is 1.74 bits per heavy atom. The molecule has 2 aromatic carbocycles. The van der Waals surface area contributed by atoms with Crippen LogP contribution in [0.2, 0.25) is 5.02 Å². The molecule has 3 aromatic rings. The fourth-order valence-corrected chi connectivity index (χ4v) is 6.54. The number of rotatable bonds is 6. The van der Waals surface area contributed by atoms with Gasteiger partial charge in [0.2, 0.25) is 0 Å². The van der Waals surface area contributed by atoms with Gasteiger partial charge in [-0.05, 0) is 79.3 Å². The summed E-state index contributed by atoms with van der Waals surface area (Å²) in [6, 6.07) is 12.9. The lowest BCUT2D eigenvalue weighted by atomic mass is 9.82. The van der Waals surface area contributed by atoms with E-state index in [1.807, 2.05) is 19.1 Å². The van der Waals surface area contributed by atoms with E-state index < -0.39 is 5.97 Å². The molecule has 0 amide bonds. The molecule has 5 nitrogen and oxygen atoms in total. The van der Waals surface area contributed by atoms with Gasteiger partial charge in [0.25, 0.3) is 0 Å². The monoisotopic (exact) mass is 545 g/mol. The molecule has 0 aliphatic carbocycles. The molecule has 0 spiro atoms. The SMILES string of the molecule is Cc1cccc(Cl)c1CN1CCc2cc(-c3c(C)nc(C)c(CC(=O)O)c3N3CCC(C)(C)CC3)ccc2C1. The maximum absolute atomic E-state index is 11.9. The van der Waals surface area contributed by atoms with Gasteiger partial charge in [-0.15, -0.1) is 0 Å². The van der Waals surface area contributed by atoms with Gasteiger partial charge in [0.05, 0.1) is 12.1 Å². The van der Waals surface area contributed by atoms with Crippen LogP contribution in [-0.2, 0) is 30.7 Å². The lowest BCUT2D eigenvalue weighted by Gasteiger charge is -2.40. The number of aliphatic carboxylic acids is 1. The molecule has 2 aliphatic rings. The molecule has 3 heterocycles. The number of aromatic nitrogens is 1. The lowest BCUT2D eigenvalue weighted by Crippen LogP contribution is -2.38. The Labute approximate surface area is 237 Å². The van der Waals surface area contributed by atoms with Gasteiger partial charge in [-0.3, -0.25) is 14.7 Å². The van der Waals surface area contributed by atoms with Crippen LogP contribution < -0.4 is 4.90 Å².